The molecule has 1 saturated carbocycles. The minimum atomic E-state index is -0.414. The van der Waals surface area contributed by atoms with Gasteiger partial charge in [-0.2, -0.15) is 0 Å². The van der Waals surface area contributed by atoms with Gasteiger partial charge in [-0.3, -0.25) is 9.59 Å². The quantitative estimate of drug-likeness (QED) is 0.810. The Labute approximate surface area is 123 Å². The summed E-state index contributed by atoms with van der Waals surface area (Å²) >= 11 is 0. The molecule has 21 heavy (non-hydrogen) atoms. The number of hydrogen-bond acceptors (Lipinski definition) is 5. The fourth-order valence-electron chi connectivity index (χ4n) is 1.99. The molecular formula is C15H19NO5. The molecule has 6 nitrogen and oxygen atoms in total. The Kier molecular flexibility index (Phi) is 4.67. The van der Waals surface area contributed by atoms with E-state index >= 15 is 0 Å². The van der Waals surface area contributed by atoms with Crippen LogP contribution in [-0.4, -0.2) is 32.7 Å². The molecule has 0 bridgehead atoms. The number of amides is 1. The van der Waals surface area contributed by atoms with E-state index < -0.39 is 5.91 Å². The molecule has 114 valence electrons. The first-order chi connectivity index (χ1) is 10.0. The summed E-state index contributed by atoms with van der Waals surface area (Å²) in [5.41, 5.74) is 0.470. The number of nitrogens with one attached hydrogen (secondary N) is 1. The predicted molar refractivity (Wildman–Crippen MR) is 76.4 cm³/mol. The molecule has 0 saturated heterocycles. The summed E-state index contributed by atoms with van der Waals surface area (Å²) in [5.74, 6) is 0.683. The van der Waals surface area contributed by atoms with Crippen LogP contribution < -0.4 is 14.8 Å². The monoisotopic (exact) mass is 293 g/mol. The number of carbonyl (C=O) groups is 2. The molecular weight excluding hydrogens is 274 g/mol. The van der Waals surface area contributed by atoms with Crippen LogP contribution in [0.1, 0.15) is 13.3 Å². The molecule has 2 rings (SSSR count). The number of rotatable bonds is 6. The van der Waals surface area contributed by atoms with E-state index in [0.29, 0.717) is 23.1 Å². The Morgan fingerprint density at radius 1 is 1.29 bits per heavy atom. The van der Waals surface area contributed by atoms with Crippen molar-refractivity contribution in [2.24, 2.45) is 11.8 Å². The van der Waals surface area contributed by atoms with E-state index in [4.69, 9.17) is 14.2 Å². The molecule has 1 aromatic carbocycles. The Morgan fingerprint density at radius 3 is 2.57 bits per heavy atom. The molecule has 0 heterocycles. The zero-order valence-electron chi connectivity index (χ0n) is 12.3. The normalized spacial score (nSPS) is 19.6. The van der Waals surface area contributed by atoms with Gasteiger partial charge in [0.15, 0.2) is 6.61 Å². The topological polar surface area (TPSA) is 73.9 Å². The van der Waals surface area contributed by atoms with Gasteiger partial charge < -0.3 is 19.5 Å². The van der Waals surface area contributed by atoms with Crippen molar-refractivity contribution >= 4 is 17.6 Å². The van der Waals surface area contributed by atoms with Crippen molar-refractivity contribution in [3.05, 3.63) is 18.2 Å². The van der Waals surface area contributed by atoms with Crippen LogP contribution in [-0.2, 0) is 14.3 Å². The van der Waals surface area contributed by atoms with Crippen LogP contribution in [0.5, 0.6) is 11.5 Å². The SMILES string of the molecule is COc1ccc(OC)c(NC(=O)COC(=O)[C@H]2C[C@@H]2C)c1. The molecule has 2 atom stereocenters. The fraction of sp³-hybridized carbons (Fsp3) is 0.467. The zero-order chi connectivity index (χ0) is 15.4. The summed E-state index contributed by atoms with van der Waals surface area (Å²) in [6.45, 7) is 1.68. The molecule has 0 aliphatic heterocycles. The van der Waals surface area contributed by atoms with Gasteiger partial charge in [-0.15, -0.1) is 0 Å². The molecule has 1 aliphatic carbocycles. The number of esters is 1. The molecule has 1 fully saturated rings. The molecule has 1 aromatic rings. The smallest absolute Gasteiger partial charge is 0.309 e. The first-order valence-corrected chi connectivity index (χ1v) is 6.73. The van der Waals surface area contributed by atoms with E-state index in [1.807, 2.05) is 6.92 Å². The van der Waals surface area contributed by atoms with Crippen LogP contribution in [0.3, 0.4) is 0 Å². The first-order valence-electron chi connectivity index (χ1n) is 6.73. The number of benzene rings is 1. The van der Waals surface area contributed by atoms with Gasteiger partial charge in [0.25, 0.3) is 5.91 Å². The lowest BCUT2D eigenvalue weighted by Gasteiger charge is -2.11. The number of carbonyl (C=O) groups excluding carboxylic acids is 2. The highest BCUT2D eigenvalue weighted by atomic mass is 16.5. The third kappa shape index (κ3) is 3.87. The van der Waals surface area contributed by atoms with Gasteiger partial charge in [-0.25, -0.2) is 0 Å². The van der Waals surface area contributed by atoms with E-state index in [1.54, 1.807) is 18.2 Å². The number of hydrogen-bond donors (Lipinski definition) is 1. The largest absolute Gasteiger partial charge is 0.497 e. The summed E-state index contributed by atoms with van der Waals surface area (Å²) in [6.07, 6.45) is 0.837. The molecule has 6 heteroatoms. The predicted octanol–water partition coefficient (Wildman–Crippen LogP) is 1.84. The van der Waals surface area contributed by atoms with Gasteiger partial charge in [-0.1, -0.05) is 6.92 Å². The summed E-state index contributed by atoms with van der Waals surface area (Å²) < 4.78 is 15.2. The standard InChI is InChI=1S/C15H19NO5/c1-9-6-11(9)15(18)21-8-14(17)16-12-7-10(19-2)4-5-13(12)20-3/h4-5,7,9,11H,6,8H2,1-3H3,(H,16,17)/t9-,11-/m0/s1. The third-order valence-electron chi connectivity index (χ3n) is 3.44. The lowest BCUT2D eigenvalue weighted by atomic mass is 10.2. The van der Waals surface area contributed by atoms with Crippen molar-refractivity contribution in [2.45, 2.75) is 13.3 Å². The molecule has 0 aromatic heterocycles. The van der Waals surface area contributed by atoms with Crippen LogP contribution in [0.15, 0.2) is 18.2 Å². The number of anilines is 1. The van der Waals surface area contributed by atoms with E-state index in [0.717, 1.165) is 6.42 Å². The van der Waals surface area contributed by atoms with Crippen molar-refractivity contribution in [2.75, 3.05) is 26.1 Å². The van der Waals surface area contributed by atoms with Crippen molar-refractivity contribution in [1.82, 2.24) is 0 Å². The second kappa shape index (κ2) is 6.47. The number of methoxy groups -OCH3 is 2. The van der Waals surface area contributed by atoms with Gasteiger partial charge in [0.2, 0.25) is 0 Å². The fourth-order valence-corrected chi connectivity index (χ4v) is 1.99. The Morgan fingerprint density at radius 2 is 2.00 bits per heavy atom. The van der Waals surface area contributed by atoms with E-state index in [-0.39, 0.29) is 18.5 Å². The lowest BCUT2D eigenvalue weighted by Crippen LogP contribution is -2.22. The van der Waals surface area contributed by atoms with Gasteiger partial charge in [0, 0.05) is 6.07 Å². The van der Waals surface area contributed by atoms with Crippen LogP contribution in [0.2, 0.25) is 0 Å². The van der Waals surface area contributed by atoms with Crippen LogP contribution in [0.4, 0.5) is 5.69 Å². The maximum Gasteiger partial charge on any atom is 0.309 e. The molecule has 1 amide bonds. The lowest BCUT2D eigenvalue weighted by molar-refractivity contribution is -0.148. The Balaban J connectivity index is 1.91. The summed E-state index contributed by atoms with van der Waals surface area (Å²) in [5, 5.41) is 2.64. The van der Waals surface area contributed by atoms with Crippen molar-refractivity contribution in [3.63, 3.8) is 0 Å². The molecule has 1 aliphatic rings. The van der Waals surface area contributed by atoms with Crippen LogP contribution >= 0.6 is 0 Å². The van der Waals surface area contributed by atoms with Gasteiger partial charge in [0.05, 0.1) is 25.8 Å². The summed E-state index contributed by atoms with van der Waals surface area (Å²) in [4.78, 5) is 23.4. The van der Waals surface area contributed by atoms with E-state index in [1.165, 1.54) is 14.2 Å². The van der Waals surface area contributed by atoms with E-state index in [9.17, 15) is 9.59 Å². The molecule has 0 radical (unpaired) electrons. The highest BCUT2D eigenvalue weighted by Crippen LogP contribution is 2.38. The Hall–Kier alpha value is -2.24. The minimum absolute atomic E-state index is 0.0517. The summed E-state index contributed by atoms with van der Waals surface area (Å²) in [7, 11) is 3.04. The molecule has 0 unspecified atom stereocenters. The highest BCUT2D eigenvalue weighted by Gasteiger charge is 2.40. The molecule has 0 spiro atoms. The summed E-state index contributed by atoms with van der Waals surface area (Å²) in [6, 6.07) is 5.05. The zero-order valence-corrected chi connectivity index (χ0v) is 12.3. The second-order valence-corrected chi connectivity index (χ2v) is 5.04. The maximum absolute atomic E-state index is 11.8. The highest BCUT2D eigenvalue weighted by molar-refractivity contribution is 5.94. The van der Waals surface area contributed by atoms with Gasteiger partial charge in [0.1, 0.15) is 11.5 Å². The average molecular weight is 293 g/mol. The van der Waals surface area contributed by atoms with Crippen LogP contribution in [0.25, 0.3) is 0 Å². The van der Waals surface area contributed by atoms with Crippen molar-refractivity contribution < 1.29 is 23.8 Å². The second-order valence-electron chi connectivity index (χ2n) is 5.04. The average Bonchev–Trinajstić information content (AvgIpc) is 3.21. The molecule has 1 N–H and O–H groups in total. The Bertz CT molecular complexity index is 543. The van der Waals surface area contributed by atoms with Crippen molar-refractivity contribution in [1.29, 1.82) is 0 Å². The van der Waals surface area contributed by atoms with Gasteiger partial charge in [-0.05, 0) is 24.5 Å². The minimum Gasteiger partial charge on any atom is -0.497 e. The third-order valence-corrected chi connectivity index (χ3v) is 3.44. The van der Waals surface area contributed by atoms with Crippen LogP contribution in [0, 0.1) is 11.8 Å². The van der Waals surface area contributed by atoms with Gasteiger partial charge >= 0.3 is 5.97 Å². The first kappa shape index (κ1) is 15.2. The number of ether oxygens (including phenoxy) is 3. The van der Waals surface area contributed by atoms with E-state index in [2.05, 4.69) is 5.32 Å². The van der Waals surface area contributed by atoms with Crippen molar-refractivity contribution in [3.8, 4) is 11.5 Å². The maximum atomic E-state index is 11.8.